The Hall–Kier alpha value is -3.48. The van der Waals surface area contributed by atoms with Crippen LogP contribution in [-0.2, 0) is 0 Å². The van der Waals surface area contributed by atoms with Crippen molar-refractivity contribution < 1.29 is 14.3 Å². The summed E-state index contributed by atoms with van der Waals surface area (Å²) in [4.78, 5) is 28.2. The van der Waals surface area contributed by atoms with Gasteiger partial charge in [0.1, 0.15) is 11.3 Å². The van der Waals surface area contributed by atoms with Crippen LogP contribution in [0.3, 0.4) is 0 Å². The number of hydrogen-bond acceptors (Lipinski definition) is 5. The van der Waals surface area contributed by atoms with Crippen molar-refractivity contribution in [1.29, 1.82) is 0 Å². The molecule has 0 saturated heterocycles. The molecule has 0 aliphatic heterocycles. The molecule has 26 heavy (non-hydrogen) atoms. The van der Waals surface area contributed by atoms with Crippen LogP contribution < -0.4 is 10.5 Å². The number of nitrogens with two attached hydrogens (primary N) is 1. The molecule has 2 N–H and O–H groups in total. The Morgan fingerprint density at radius 1 is 1.15 bits per heavy atom. The highest BCUT2D eigenvalue weighted by Crippen LogP contribution is 2.24. The number of nitrogens with zero attached hydrogens (tertiary/aromatic N) is 3. The van der Waals surface area contributed by atoms with Crippen LogP contribution in [0.4, 0.5) is 0 Å². The van der Waals surface area contributed by atoms with Gasteiger partial charge in [-0.05, 0) is 36.2 Å². The van der Waals surface area contributed by atoms with Gasteiger partial charge in [0.15, 0.2) is 5.82 Å². The van der Waals surface area contributed by atoms with Crippen molar-refractivity contribution >= 4 is 11.9 Å². The summed E-state index contributed by atoms with van der Waals surface area (Å²) in [5.41, 5.74) is 6.56. The van der Waals surface area contributed by atoms with E-state index in [-0.39, 0.29) is 17.2 Å². The molecule has 0 spiro atoms. The summed E-state index contributed by atoms with van der Waals surface area (Å²) in [6.07, 6.45) is 3.12. The largest absolute Gasteiger partial charge is 0.423 e. The summed E-state index contributed by atoms with van der Waals surface area (Å²) in [5, 5.41) is 4.30. The molecule has 0 bridgehead atoms. The molecule has 0 saturated carbocycles. The van der Waals surface area contributed by atoms with Crippen molar-refractivity contribution in [2.75, 3.05) is 0 Å². The average Bonchev–Trinajstić information content (AvgIpc) is 3.08. The number of pyridine rings is 1. The third-order valence-corrected chi connectivity index (χ3v) is 3.77. The molecular formula is C19H18N4O3. The molecule has 132 valence electrons. The predicted octanol–water partition coefficient (Wildman–Crippen LogP) is 2.71. The molecule has 0 aliphatic carbocycles. The maximum Gasteiger partial charge on any atom is 0.347 e. The molecule has 3 rings (SSSR count). The number of carbonyl (C=O) groups is 2. The van der Waals surface area contributed by atoms with Crippen molar-refractivity contribution in [3.05, 3.63) is 71.7 Å². The fourth-order valence-corrected chi connectivity index (χ4v) is 2.61. The lowest BCUT2D eigenvalue weighted by Crippen LogP contribution is -2.14. The fraction of sp³-hybridized carbons (Fsp3) is 0.158. The Balaban J connectivity index is 1.94. The molecule has 0 unspecified atom stereocenters. The van der Waals surface area contributed by atoms with Crippen molar-refractivity contribution in [3.63, 3.8) is 0 Å². The first-order valence-corrected chi connectivity index (χ1v) is 8.08. The van der Waals surface area contributed by atoms with Crippen LogP contribution in [0.2, 0.25) is 0 Å². The van der Waals surface area contributed by atoms with Gasteiger partial charge >= 0.3 is 5.97 Å². The summed E-state index contributed by atoms with van der Waals surface area (Å²) < 4.78 is 7.04. The first kappa shape index (κ1) is 17.3. The van der Waals surface area contributed by atoms with Gasteiger partial charge in [-0.3, -0.25) is 4.79 Å². The molecule has 7 heteroatoms. The SMILES string of the molecule is CC(C)c1c(C(=O)Oc2cccc(C(N)=O)c2)cnn1-c1ccccn1. The zero-order chi connectivity index (χ0) is 18.7. The van der Waals surface area contributed by atoms with E-state index in [1.165, 1.54) is 12.3 Å². The Morgan fingerprint density at radius 2 is 1.96 bits per heavy atom. The second-order valence-electron chi connectivity index (χ2n) is 5.98. The molecule has 0 radical (unpaired) electrons. The summed E-state index contributed by atoms with van der Waals surface area (Å²) >= 11 is 0. The third-order valence-electron chi connectivity index (χ3n) is 3.77. The van der Waals surface area contributed by atoms with Gasteiger partial charge in [-0.25, -0.2) is 14.5 Å². The van der Waals surface area contributed by atoms with Gasteiger partial charge in [0.2, 0.25) is 5.91 Å². The first-order valence-electron chi connectivity index (χ1n) is 8.08. The molecule has 2 aromatic heterocycles. The molecule has 7 nitrogen and oxygen atoms in total. The Morgan fingerprint density at radius 3 is 2.62 bits per heavy atom. The number of hydrogen-bond donors (Lipinski definition) is 1. The quantitative estimate of drug-likeness (QED) is 0.563. The zero-order valence-corrected chi connectivity index (χ0v) is 14.4. The van der Waals surface area contributed by atoms with E-state index in [2.05, 4.69) is 10.1 Å². The van der Waals surface area contributed by atoms with Gasteiger partial charge in [-0.1, -0.05) is 26.0 Å². The zero-order valence-electron chi connectivity index (χ0n) is 14.4. The Bertz CT molecular complexity index is 948. The topological polar surface area (TPSA) is 100 Å². The lowest BCUT2D eigenvalue weighted by atomic mass is 10.1. The van der Waals surface area contributed by atoms with Crippen LogP contribution in [0.1, 0.15) is 46.2 Å². The fourth-order valence-electron chi connectivity index (χ4n) is 2.61. The van der Waals surface area contributed by atoms with Crippen LogP contribution in [0, 0.1) is 0 Å². The summed E-state index contributed by atoms with van der Waals surface area (Å²) in [7, 11) is 0. The van der Waals surface area contributed by atoms with E-state index in [4.69, 9.17) is 10.5 Å². The number of carbonyl (C=O) groups excluding carboxylic acids is 2. The van der Waals surface area contributed by atoms with Crippen molar-refractivity contribution in [2.24, 2.45) is 5.73 Å². The normalized spacial score (nSPS) is 10.7. The van der Waals surface area contributed by atoms with Crippen LogP contribution >= 0.6 is 0 Å². The molecule has 1 amide bonds. The van der Waals surface area contributed by atoms with Gasteiger partial charge < -0.3 is 10.5 Å². The molecule has 2 heterocycles. The molecule has 0 aliphatic rings. The van der Waals surface area contributed by atoms with Gasteiger partial charge in [-0.15, -0.1) is 0 Å². The predicted molar refractivity (Wildman–Crippen MR) is 95.4 cm³/mol. The summed E-state index contributed by atoms with van der Waals surface area (Å²) in [5.74, 6) is -0.275. The van der Waals surface area contributed by atoms with Gasteiger partial charge in [0.25, 0.3) is 0 Å². The lowest BCUT2D eigenvalue weighted by molar-refractivity contribution is 0.0732. The smallest absolute Gasteiger partial charge is 0.347 e. The number of rotatable bonds is 5. The molecule has 0 fully saturated rings. The minimum absolute atomic E-state index is 0.0130. The highest BCUT2D eigenvalue weighted by Gasteiger charge is 2.23. The van der Waals surface area contributed by atoms with Gasteiger partial charge in [0.05, 0.1) is 11.9 Å². The van der Waals surface area contributed by atoms with E-state index in [1.807, 2.05) is 32.0 Å². The third kappa shape index (κ3) is 3.46. The maximum atomic E-state index is 12.7. The van der Waals surface area contributed by atoms with E-state index in [1.54, 1.807) is 29.1 Å². The van der Waals surface area contributed by atoms with E-state index >= 15 is 0 Å². The second kappa shape index (κ2) is 7.18. The number of esters is 1. The number of benzene rings is 1. The number of amides is 1. The molecule has 0 atom stereocenters. The Kier molecular flexibility index (Phi) is 4.79. The van der Waals surface area contributed by atoms with E-state index in [9.17, 15) is 9.59 Å². The number of primary amides is 1. The second-order valence-corrected chi connectivity index (χ2v) is 5.98. The number of ether oxygens (including phenoxy) is 1. The van der Waals surface area contributed by atoms with E-state index < -0.39 is 11.9 Å². The van der Waals surface area contributed by atoms with Crippen molar-refractivity contribution in [3.8, 4) is 11.6 Å². The lowest BCUT2D eigenvalue weighted by Gasteiger charge is -2.12. The van der Waals surface area contributed by atoms with Crippen LogP contribution in [0.15, 0.2) is 54.9 Å². The van der Waals surface area contributed by atoms with E-state index in [0.717, 1.165) is 0 Å². The first-order chi connectivity index (χ1) is 12.5. The highest BCUT2D eigenvalue weighted by atomic mass is 16.5. The molecule has 1 aromatic carbocycles. The van der Waals surface area contributed by atoms with Crippen LogP contribution in [0.5, 0.6) is 5.75 Å². The van der Waals surface area contributed by atoms with Crippen molar-refractivity contribution in [2.45, 2.75) is 19.8 Å². The highest BCUT2D eigenvalue weighted by molar-refractivity contribution is 5.94. The van der Waals surface area contributed by atoms with Crippen LogP contribution in [-0.4, -0.2) is 26.6 Å². The number of aromatic nitrogens is 3. The van der Waals surface area contributed by atoms with E-state index in [0.29, 0.717) is 17.1 Å². The maximum absolute atomic E-state index is 12.7. The molecular weight excluding hydrogens is 332 g/mol. The molecule has 3 aromatic rings. The monoisotopic (exact) mass is 350 g/mol. The van der Waals surface area contributed by atoms with Gasteiger partial charge in [-0.2, -0.15) is 5.10 Å². The standard InChI is InChI=1S/C19H18N4O3/c1-12(2)17-15(11-22-23(17)16-8-3-4-9-21-16)19(25)26-14-7-5-6-13(10-14)18(20)24/h3-12H,1-2H3,(H2,20,24). The van der Waals surface area contributed by atoms with Gasteiger partial charge in [0, 0.05) is 11.8 Å². The average molecular weight is 350 g/mol. The minimum Gasteiger partial charge on any atom is -0.423 e. The minimum atomic E-state index is -0.589. The Labute approximate surface area is 150 Å². The summed E-state index contributed by atoms with van der Waals surface area (Å²) in [6.45, 7) is 3.92. The van der Waals surface area contributed by atoms with Crippen LogP contribution in [0.25, 0.3) is 5.82 Å². The summed E-state index contributed by atoms with van der Waals surface area (Å²) in [6, 6.07) is 11.6. The van der Waals surface area contributed by atoms with Crippen molar-refractivity contribution in [1.82, 2.24) is 14.8 Å².